The Bertz CT molecular complexity index is 655. The third-order valence-corrected chi connectivity index (χ3v) is 4.49. The average molecular weight is 349 g/mol. The van der Waals surface area contributed by atoms with Crippen LogP contribution in [-0.4, -0.2) is 6.10 Å². The van der Waals surface area contributed by atoms with Crippen LogP contribution in [0.1, 0.15) is 44.1 Å². The number of nitriles is 1. The number of benzene rings is 1. The highest BCUT2D eigenvalue weighted by atomic mass is 19.2. The second kappa shape index (κ2) is 10.0. The molecule has 134 valence electrons. The van der Waals surface area contributed by atoms with E-state index in [1.165, 1.54) is 18.2 Å². The van der Waals surface area contributed by atoms with Crippen LogP contribution in [0.4, 0.5) is 13.2 Å². The molecule has 25 heavy (non-hydrogen) atoms. The minimum Gasteiger partial charge on any atom is -0.374 e. The van der Waals surface area contributed by atoms with Crippen molar-refractivity contribution in [3.63, 3.8) is 0 Å². The maximum atomic E-state index is 13.2. The smallest absolute Gasteiger partial charge is 0.199 e. The zero-order valence-electron chi connectivity index (χ0n) is 14.1. The van der Waals surface area contributed by atoms with Crippen molar-refractivity contribution in [3.8, 4) is 6.07 Å². The maximum Gasteiger partial charge on any atom is 0.199 e. The van der Waals surface area contributed by atoms with Crippen molar-refractivity contribution < 1.29 is 17.9 Å². The molecule has 0 atom stereocenters. The quantitative estimate of drug-likeness (QED) is 0.463. The molecule has 1 aromatic carbocycles. The summed E-state index contributed by atoms with van der Waals surface area (Å²) in [4.78, 5) is 0. The zero-order valence-corrected chi connectivity index (χ0v) is 14.1. The van der Waals surface area contributed by atoms with Gasteiger partial charge in [0.25, 0.3) is 0 Å². The molecule has 1 fully saturated rings. The van der Waals surface area contributed by atoms with Crippen molar-refractivity contribution in [2.24, 2.45) is 5.92 Å². The largest absolute Gasteiger partial charge is 0.374 e. The van der Waals surface area contributed by atoms with E-state index >= 15 is 0 Å². The minimum atomic E-state index is -0.845. The molecule has 5 heteroatoms. The maximum absolute atomic E-state index is 13.2. The van der Waals surface area contributed by atoms with Crippen LogP contribution in [0.25, 0.3) is 0 Å². The van der Waals surface area contributed by atoms with Gasteiger partial charge in [-0.2, -0.15) is 9.65 Å². The molecule has 2 nitrogen and oxygen atoms in total. The van der Waals surface area contributed by atoms with Gasteiger partial charge >= 0.3 is 0 Å². The topological polar surface area (TPSA) is 33.0 Å². The first-order chi connectivity index (χ1) is 12.1. The van der Waals surface area contributed by atoms with Crippen molar-refractivity contribution in [1.82, 2.24) is 0 Å². The van der Waals surface area contributed by atoms with Crippen molar-refractivity contribution in [3.05, 3.63) is 59.5 Å². The number of hydrogen-bond donors (Lipinski definition) is 0. The van der Waals surface area contributed by atoms with E-state index in [-0.39, 0.29) is 6.10 Å². The van der Waals surface area contributed by atoms with Gasteiger partial charge in [-0.25, -0.2) is 8.78 Å². The summed E-state index contributed by atoms with van der Waals surface area (Å²) in [7, 11) is 0. The van der Waals surface area contributed by atoms with Crippen LogP contribution in [0.5, 0.6) is 0 Å². The number of ether oxygens (including phenoxy) is 1. The van der Waals surface area contributed by atoms with Gasteiger partial charge in [0.05, 0.1) is 12.7 Å². The van der Waals surface area contributed by atoms with Crippen LogP contribution < -0.4 is 0 Å². The first kappa shape index (κ1) is 19.3. The first-order valence-corrected chi connectivity index (χ1v) is 8.56. The Morgan fingerprint density at radius 2 is 1.96 bits per heavy atom. The van der Waals surface area contributed by atoms with Crippen molar-refractivity contribution in [2.75, 3.05) is 0 Å². The molecule has 0 aliphatic heterocycles. The van der Waals surface area contributed by atoms with Crippen molar-refractivity contribution >= 4 is 0 Å². The standard InChI is InChI=1S/C20H22F3NO/c21-17(13-24)5-3-1-2-4-15-6-9-18(10-7-15)25-14-16-8-11-19(22)20(23)12-16/h1,3,5,8,11-12,15,18H,2,4,6-7,9-10,14H2/b3-1+,17-5-. The second-order valence-corrected chi connectivity index (χ2v) is 6.33. The third-order valence-electron chi connectivity index (χ3n) is 4.49. The molecule has 0 aromatic heterocycles. The molecule has 1 aliphatic rings. The average Bonchev–Trinajstić information content (AvgIpc) is 2.63. The molecule has 0 saturated heterocycles. The molecule has 0 radical (unpaired) electrons. The predicted octanol–water partition coefficient (Wildman–Crippen LogP) is 5.75. The van der Waals surface area contributed by atoms with E-state index in [2.05, 4.69) is 0 Å². The van der Waals surface area contributed by atoms with E-state index in [1.54, 1.807) is 12.1 Å². The molecule has 0 amide bonds. The molecular weight excluding hydrogens is 327 g/mol. The summed E-state index contributed by atoms with van der Waals surface area (Å²) in [5, 5.41) is 8.29. The second-order valence-electron chi connectivity index (χ2n) is 6.33. The Morgan fingerprint density at radius 3 is 2.64 bits per heavy atom. The summed E-state index contributed by atoms with van der Waals surface area (Å²) in [6.07, 6.45) is 10.7. The van der Waals surface area contributed by atoms with E-state index in [0.29, 0.717) is 18.1 Å². The van der Waals surface area contributed by atoms with E-state index in [1.807, 2.05) is 6.08 Å². The summed E-state index contributed by atoms with van der Waals surface area (Å²) >= 11 is 0. The first-order valence-electron chi connectivity index (χ1n) is 8.56. The highest BCUT2D eigenvalue weighted by Gasteiger charge is 2.21. The summed E-state index contributed by atoms with van der Waals surface area (Å²) in [6.45, 7) is 0.298. The van der Waals surface area contributed by atoms with E-state index < -0.39 is 17.5 Å². The Labute approximate surface area is 146 Å². The Morgan fingerprint density at radius 1 is 1.20 bits per heavy atom. The van der Waals surface area contributed by atoms with Crippen LogP contribution in [0.3, 0.4) is 0 Å². The normalized spacial score (nSPS) is 21.4. The highest BCUT2D eigenvalue weighted by molar-refractivity contribution is 5.18. The van der Waals surface area contributed by atoms with Crippen LogP contribution in [0.2, 0.25) is 0 Å². The summed E-state index contributed by atoms with van der Waals surface area (Å²) < 4.78 is 44.4. The molecule has 1 saturated carbocycles. The lowest BCUT2D eigenvalue weighted by atomic mass is 9.84. The van der Waals surface area contributed by atoms with Gasteiger partial charge in [-0.15, -0.1) is 0 Å². The lowest BCUT2D eigenvalue weighted by Crippen LogP contribution is -2.21. The van der Waals surface area contributed by atoms with Gasteiger partial charge in [0.2, 0.25) is 0 Å². The van der Waals surface area contributed by atoms with E-state index in [4.69, 9.17) is 10.00 Å². The molecular formula is C20H22F3NO. The molecule has 1 aromatic rings. The van der Waals surface area contributed by atoms with Gasteiger partial charge in [-0.3, -0.25) is 0 Å². The van der Waals surface area contributed by atoms with Crippen molar-refractivity contribution in [1.29, 1.82) is 5.26 Å². The van der Waals surface area contributed by atoms with Gasteiger partial charge in [0, 0.05) is 0 Å². The van der Waals surface area contributed by atoms with Crippen LogP contribution in [0.15, 0.2) is 42.3 Å². The molecule has 0 bridgehead atoms. The molecule has 0 spiro atoms. The Kier molecular flexibility index (Phi) is 7.75. The fourth-order valence-electron chi connectivity index (χ4n) is 3.05. The summed E-state index contributed by atoms with van der Waals surface area (Å²) in [5.74, 6) is -1.85. The van der Waals surface area contributed by atoms with Crippen molar-refractivity contribution in [2.45, 2.75) is 51.2 Å². The van der Waals surface area contributed by atoms with Crippen LogP contribution >= 0.6 is 0 Å². The van der Waals surface area contributed by atoms with E-state index in [0.717, 1.165) is 44.6 Å². The number of rotatable bonds is 7. The molecule has 1 aliphatic carbocycles. The minimum absolute atomic E-state index is 0.160. The Balaban J connectivity index is 1.64. The van der Waals surface area contributed by atoms with Gasteiger partial charge in [0.1, 0.15) is 6.07 Å². The van der Waals surface area contributed by atoms with Gasteiger partial charge in [-0.1, -0.05) is 18.2 Å². The van der Waals surface area contributed by atoms with Gasteiger partial charge in [-0.05, 0) is 68.2 Å². The number of allylic oxidation sites excluding steroid dienone is 4. The fourth-order valence-corrected chi connectivity index (χ4v) is 3.05. The third kappa shape index (κ3) is 6.75. The molecule has 0 heterocycles. The van der Waals surface area contributed by atoms with Gasteiger partial charge in [0.15, 0.2) is 17.5 Å². The monoisotopic (exact) mass is 349 g/mol. The number of halogens is 3. The zero-order chi connectivity index (χ0) is 18.1. The SMILES string of the molecule is N#C/C(F)=C/C=C/CCC1CCC(OCc2ccc(F)c(F)c2)CC1. The molecule has 2 rings (SSSR count). The molecule has 0 N–H and O–H groups in total. The summed E-state index contributed by atoms with van der Waals surface area (Å²) in [6, 6.07) is 5.27. The highest BCUT2D eigenvalue weighted by Crippen LogP contribution is 2.30. The van der Waals surface area contributed by atoms with Crippen LogP contribution in [-0.2, 0) is 11.3 Å². The lowest BCUT2D eigenvalue weighted by molar-refractivity contribution is 0.00634. The number of nitrogens with zero attached hydrogens (tertiary/aromatic N) is 1. The summed E-state index contributed by atoms with van der Waals surface area (Å²) in [5.41, 5.74) is 0.642. The molecule has 0 unspecified atom stereocenters. The fraction of sp³-hybridized carbons (Fsp3) is 0.450. The number of hydrogen-bond acceptors (Lipinski definition) is 2. The van der Waals surface area contributed by atoms with Gasteiger partial charge < -0.3 is 4.74 Å². The van der Waals surface area contributed by atoms with Crippen LogP contribution in [0, 0.1) is 28.9 Å². The van der Waals surface area contributed by atoms with E-state index in [9.17, 15) is 13.2 Å². The Hall–Kier alpha value is -2.06. The lowest BCUT2D eigenvalue weighted by Gasteiger charge is -2.28. The predicted molar refractivity (Wildman–Crippen MR) is 90.1 cm³/mol.